The minimum Gasteiger partial charge on any atom is -0.465 e. The second-order valence-electron chi connectivity index (χ2n) is 5.87. The summed E-state index contributed by atoms with van der Waals surface area (Å²) < 4.78 is 6.29. The summed E-state index contributed by atoms with van der Waals surface area (Å²) in [6, 6.07) is 10.9. The Hall–Kier alpha value is -3.81. The Balaban J connectivity index is 2.18. The number of aromatic nitrogens is 5. The maximum Gasteiger partial charge on any atom is 0.340 e. The van der Waals surface area contributed by atoms with Crippen LogP contribution in [0.4, 0.5) is 0 Å². The second kappa shape index (κ2) is 6.49. The molecule has 0 aliphatic rings. The van der Waals surface area contributed by atoms with Crippen molar-refractivity contribution in [2.24, 2.45) is 0 Å². The van der Waals surface area contributed by atoms with Crippen molar-refractivity contribution in [3.05, 3.63) is 70.5 Å². The predicted molar refractivity (Wildman–Crippen MR) is 98.8 cm³/mol. The van der Waals surface area contributed by atoms with E-state index >= 15 is 0 Å². The van der Waals surface area contributed by atoms with Gasteiger partial charge in [-0.15, -0.1) is 0 Å². The van der Waals surface area contributed by atoms with E-state index < -0.39 is 5.97 Å². The fourth-order valence-electron chi connectivity index (χ4n) is 3.12. The third kappa shape index (κ3) is 2.67. The van der Waals surface area contributed by atoms with Crippen molar-refractivity contribution in [3.8, 4) is 17.1 Å². The molecule has 8 nitrogen and oxygen atoms in total. The van der Waals surface area contributed by atoms with Gasteiger partial charge in [0.2, 0.25) is 5.95 Å². The highest BCUT2D eigenvalue weighted by Gasteiger charge is 2.23. The maximum atomic E-state index is 13.3. The van der Waals surface area contributed by atoms with E-state index in [1.165, 1.54) is 18.0 Å². The first-order valence-corrected chi connectivity index (χ1v) is 8.17. The molecule has 1 aromatic carbocycles. The number of fused-ring (bicyclic) bond motifs is 1. The monoisotopic (exact) mass is 361 g/mol. The molecule has 8 heteroatoms. The molecule has 0 aliphatic carbocycles. The molecular formula is C19H15N5O3. The first-order chi connectivity index (χ1) is 13.1. The van der Waals surface area contributed by atoms with Gasteiger partial charge in [0.15, 0.2) is 0 Å². The number of benzene rings is 1. The number of hydrogen-bond acceptors (Lipinski definition) is 6. The lowest BCUT2D eigenvalue weighted by Crippen LogP contribution is -2.21. The minimum atomic E-state index is -0.546. The lowest BCUT2D eigenvalue weighted by molar-refractivity contribution is 0.0600. The highest BCUT2D eigenvalue weighted by molar-refractivity contribution is 6.07. The first kappa shape index (κ1) is 16.6. The van der Waals surface area contributed by atoms with E-state index in [0.717, 1.165) is 5.56 Å². The van der Waals surface area contributed by atoms with Crippen molar-refractivity contribution in [1.29, 1.82) is 0 Å². The van der Waals surface area contributed by atoms with Gasteiger partial charge in [-0.25, -0.2) is 9.89 Å². The number of pyridine rings is 2. The smallest absolute Gasteiger partial charge is 0.340 e. The third-order valence-electron chi connectivity index (χ3n) is 4.30. The van der Waals surface area contributed by atoms with Crippen LogP contribution in [0.25, 0.3) is 28.0 Å². The molecule has 0 amide bonds. The molecule has 134 valence electrons. The number of ether oxygens (including phenoxy) is 1. The van der Waals surface area contributed by atoms with Gasteiger partial charge < -0.3 is 4.74 Å². The van der Waals surface area contributed by atoms with Crippen LogP contribution < -0.4 is 5.56 Å². The number of esters is 1. The zero-order valence-corrected chi connectivity index (χ0v) is 14.6. The zero-order chi connectivity index (χ0) is 19.0. The Labute approximate surface area is 153 Å². The van der Waals surface area contributed by atoms with Crippen molar-refractivity contribution in [2.75, 3.05) is 7.11 Å². The number of aryl methyl sites for hydroxylation is 1. The van der Waals surface area contributed by atoms with Gasteiger partial charge in [0.25, 0.3) is 5.56 Å². The average Bonchev–Trinajstić information content (AvgIpc) is 3.22. The van der Waals surface area contributed by atoms with Crippen molar-refractivity contribution < 1.29 is 9.53 Å². The van der Waals surface area contributed by atoms with Crippen LogP contribution in [0.2, 0.25) is 0 Å². The van der Waals surface area contributed by atoms with Gasteiger partial charge in [0, 0.05) is 11.8 Å². The Morgan fingerprint density at radius 2 is 1.96 bits per heavy atom. The second-order valence-corrected chi connectivity index (χ2v) is 5.87. The van der Waals surface area contributed by atoms with E-state index in [2.05, 4.69) is 20.2 Å². The van der Waals surface area contributed by atoms with Crippen molar-refractivity contribution in [2.45, 2.75) is 6.92 Å². The number of methoxy groups -OCH3 is 1. The van der Waals surface area contributed by atoms with Crippen LogP contribution in [-0.4, -0.2) is 37.8 Å². The van der Waals surface area contributed by atoms with E-state index in [-0.39, 0.29) is 17.1 Å². The Bertz CT molecular complexity index is 1200. The molecule has 0 saturated heterocycles. The number of H-pyrrole nitrogens is 1. The summed E-state index contributed by atoms with van der Waals surface area (Å²) in [6.07, 6.45) is 2.89. The highest BCUT2D eigenvalue weighted by atomic mass is 16.5. The van der Waals surface area contributed by atoms with Crippen molar-refractivity contribution >= 4 is 16.9 Å². The molecule has 0 bridgehead atoms. The first-order valence-electron chi connectivity index (χ1n) is 8.17. The van der Waals surface area contributed by atoms with Crippen LogP contribution >= 0.6 is 0 Å². The van der Waals surface area contributed by atoms with Gasteiger partial charge >= 0.3 is 5.97 Å². The standard InChI is InChI=1S/C19H15N5O3/c1-11-14(18(26)27-2)15(12-6-4-3-5-7-12)16-13(22-11)8-9-24(17(16)25)19-20-10-21-23-19/h3-10H,1-2H3,(H,20,21,23). The SMILES string of the molecule is COC(=O)c1c(C)nc2ccn(-c3ncn[nH]3)c(=O)c2c1-c1ccccc1. The molecule has 0 radical (unpaired) electrons. The van der Waals surface area contributed by atoms with Crippen LogP contribution in [-0.2, 0) is 4.74 Å². The van der Waals surface area contributed by atoms with E-state index in [1.807, 2.05) is 30.3 Å². The molecule has 4 rings (SSSR count). The van der Waals surface area contributed by atoms with E-state index in [4.69, 9.17) is 4.74 Å². The Morgan fingerprint density at radius 1 is 1.19 bits per heavy atom. The van der Waals surface area contributed by atoms with Crippen molar-refractivity contribution in [3.63, 3.8) is 0 Å². The molecule has 0 fully saturated rings. The van der Waals surface area contributed by atoms with Crippen LogP contribution in [0.5, 0.6) is 0 Å². The van der Waals surface area contributed by atoms with Crippen LogP contribution in [0.3, 0.4) is 0 Å². The summed E-state index contributed by atoms with van der Waals surface area (Å²) in [5, 5.41) is 6.77. The summed E-state index contributed by atoms with van der Waals surface area (Å²) in [6.45, 7) is 1.72. The fourth-order valence-corrected chi connectivity index (χ4v) is 3.12. The molecule has 0 saturated carbocycles. The molecular weight excluding hydrogens is 346 g/mol. The predicted octanol–water partition coefficient (Wildman–Crippen LogP) is 2.27. The van der Waals surface area contributed by atoms with Gasteiger partial charge in [-0.3, -0.25) is 14.3 Å². The molecule has 0 unspecified atom stereocenters. The molecule has 4 aromatic rings. The van der Waals surface area contributed by atoms with Gasteiger partial charge in [-0.05, 0) is 18.6 Å². The van der Waals surface area contributed by atoms with E-state index in [0.29, 0.717) is 22.2 Å². The van der Waals surface area contributed by atoms with E-state index in [1.54, 1.807) is 19.2 Å². The molecule has 0 atom stereocenters. The quantitative estimate of drug-likeness (QED) is 0.562. The summed E-state index contributed by atoms with van der Waals surface area (Å²) in [5.74, 6) is -0.267. The van der Waals surface area contributed by atoms with Gasteiger partial charge in [-0.1, -0.05) is 30.3 Å². The number of nitrogens with zero attached hydrogens (tertiary/aromatic N) is 4. The van der Waals surface area contributed by atoms with Gasteiger partial charge in [0.05, 0.1) is 29.3 Å². The summed E-state index contributed by atoms with van der Waals surface area (Å²) in [5.41, 5.74) is 2.10. The average molecular weight is 361 g/mol. The Kier molecular flexibility index (Phi) is 4.00. The fraction of sp³-hybridized carbons (Fsp3) is 0.105. The van der Waals surface area contributed by atoms with Gasteiger partial charge in [0.1, 0.15) is 6.33 Å². The number of carbonyl (C=O) groups is 1. The summed E-state index contributed by atoms with van der Waals surface area (Å²) in [7, 11) is 1.30. The topological polar surface area (TPSA) is 103 Å². The lowest BCUT2D eigenvalue weighted by atomic mass is 9.95. The number of rotatable bonds is 3. The number of carbonyl (C=O) groups excluding carboxylic acids is 1. The Morgan fingerprint density at radius 3 is 2.63 bits per heavy atom. The van der Waals surface area contributed by atoms with Crippen LogP contribution in [0.15, 0.2) is 53.7 Å². The number of aromatic amines is 1. The number of hydrogen-bond donors (Lipinski definition) is 1. The summed E-state index contributed by atoms with van der Waals surface area (Å²) >= 11 is 0. The molecule has 3 aromatic heterocycles. The largest absolute Gasteiger partial charge is 0.465 e. The van der Waals surface area contributed by atoms with Crippen LogP contribution in [0.1, 0.15) is 16.1 Å². The highest BCUT2D eigenvalue weighted by Crippen LogP contribution is 2.31. The molecule has 0 spiro atoms. The third-order valence-corrected chi connectivity index (χ3v) is 4.30. The normalized spacial score (nSPS) is 10.9. The molecule has 0 aliphatic heterocycles. The van der Waals surface area contributed by atoms with E-state index in [9.17, 15) is 9.59 Å². The molecule has 1 N–H and O–H groups in total. The summed E-state index contributed by atoms with van der Waals surface area (Å²) in [4.78, 5) is 34.3. The lowest BCUT2D eigenvalue weighted by Gasteiger charge is -2.14. The number of nitrogens with one attached hydrogen (secondary N) is 1. The van der Waals surface area contributed by atoms with Crippen LogP contribution in [0, 0.1) is 6.92 Å². The zero-order valence-electron chi connectivity index (χ0n) is 14.6. The maximum absolute atomic E-state index is 13.3. The molecule has 27 heavy (non-hydrogen) atoms. The van der Waals surface area contributed by atoms with Gasteiger partial charge in [-0.2, -0.15) is 10.1 Å². The minimum absolute atomic E-state index is 0.267. The van der Waals surface area contributed by atoms with Crippen molar-refractivity contribution in [1.82, 2.24) is 24.7 Å². The molecule has 3 heterocycles.